The van der Waals surface area contributed by atoms with Gasteiger partial charge in [-0.05, 0) is 12.8 Å². The van der Waals surface area contributed by atoms with Crippen molar-refractivity contribution in [2.24, 2.45) is 0 Å². The summed E-state index contributed by atoms with van der Waals surface area (Å²) in [6.45, 7) is 0.595. The van der Waals surface area contributed by atoms with E-state index >= 15 is 0 Å². The average molecular weight is 303 g/mol. The maximum absolute atomic E-state index is 12.9. The lowest BCUT2D eigenvalue weighted by atomic mass is 10.3. The molecule has 1 saturated carbocycles. The quantitative estimate of drug-likeness (QED) is 0.847. The second-order valence-corrected chi connectivity index (χ2v) is 7.53. The molecule has 1 aromatic rings. The van der Waals surface area contributed by atoms with Gasteiger partial charge < -0.3 is 4.90 Å². The summed E-state index contributed by atoms with van der Waals surface area (Å²) in [5.74, 6) is 1.15. The maximum atomic E-state index is 12.9. The van der Waals surface area contributed by atoms with Crippen LogP contribution in [0, 0.1) is 0 Å². The fourth-order valence-corrected chi connectivity index (χ4v) is 3.41. The van der Waals surface area contributed by atoms with Gasteiger partial charge >= 0.3 is 0 Å². The zero-order valence-electron chi connectivity index (χ0n) is 10.8. The van der Waals surface area contributed by atoms with Crippen molar-refractivity contribution in [3.63, 3.8) is 0 Å². The Morgan fingerprint density at radius 1 is 1.20 bits per heavy atom. The lowest BCUT2D eigenvalue weighted by Crippen LogP contribution is -2.40. The number of hydrogen-bond acceptors (Lipinski definition) is 5. The predicted molar refractivity (Wildman–Crippen MR) is 69.8 cm³/mol. The van der Waals surface area contributed by atoms with E-state index in [0.717, 1.165) is 12.8 Å². The molecule has 1 aromatic heterocycles. The molecule has 1 aliphatic heterocycles. The van der Waals surface area contributed by atoms with Crippen molar-refractivity contribution in [3.8, 4) is 0 Å². The minimum Gasteiger partial charge on any atom is -0.354 e. The molecule has 0 atom stereocenters. The normalized spacial score (nSPS) is 22.2. The summed E-state index contributed by atoms with van der Waals surface area (Å²) in [5.41, 5.74) is -0.273. The van der Waals surface area contributed by atoms with E-state index < -0.39 is 16.3 Å². The summed E-state index contributed by atoms with van der Waals surface area (Å²) in [6.07, 6.45) is -0.774. The fourth-order valence-electron chi connectivity index (χ4n) is 2.21. The van der Waals surface area contributed by atoms with Crippen LogP contribution in [0.5, 0.6) is 0 Å². The average Bonchev–Trinajstić information content (AvgIpc) is 3.22. The van der Waals surface area contributed by atoms with Crippen LogP contribution in [0.3, 0.4) is 0 Å². The minimum atomic E-state index is -3.00. The first-order valence-electron chi connectivity index (χ1n) is 6.57. The van der Waals surface area contributed by atoms with E-state index in [1.54, 1.807) is 4.90 Å². The van der Waals surface area contributed by atoms with Gasteiger partial charge in [-0.3, -0.25) is 0 Å². The predicted octanol–water partition coefficient (Wildman–Crippen LogP) is 1.53. The lowest BCUT2D eigenvalue weighted by Gasteiger charge is -2.28. The van der Waals surface area contributed by atoms with Gasteiger partial charge in [-0.25, -0.2) is 27.2 Å². The Labute approximate surface area is 115 Å². The second kappa shape index (κ2) is 4.91. The highest BCUT2D eigenvalue weighted by Gasteiger charge is 2.30. The van der Waals surface area contributed by atoms with Crippen LogP contribution in [0.15, 0.2) is 6.07 Å². The maximum Gasteiger partial charge on any atom is 0.280 e. The Kier molecular flexibility index (Phi) is 3.35. The van der Waals surface area contributed by atoms with Crippen molar-refractivity contribution in [3.05, 3.63) is 17.6 Å². The first-order chi connectivity index (χ1) is 9.44. The molecule has 0 unspecified atom stereocenters. The molecule has 2 heterocycles. The van der Waals surface area contributed by atoms with E-state index in [4.69, 9.17) is 0 Å². The third-order valence-electron chi connectivity index (χ3n) is 3.58. The summed E-state index contributed by atoms with van der Waals surface area (Å²) in [6, 6.07) is 1.27. The van der Waals surface area contributed by atoms with Crippen molar-refractivity contribution in [2.75, 3.05) is 29.5 Å². The van der Waals surface area contributed by atoms with Crippen molar-refractivity contribution < 1.29 is 17.2 Å². The summed E-state index contributed by atoms with van der Waals surface area (Å²) >= 11 is 0. The fraction of sp³-hybridized carbons (Fsp3) is 0.667. The Morgan fingerprint density at radius 3 is 2.40 bits per heavy atom. The first-order valence-corrected chi connectivity index (χ1v) is 8.39. The highest BCUT2D eigenvalue weighted by molar-refractivity contribution is 7.91. The molecule has 1 saturated heterocycles. The van der Waals surface area contributed by atoms with Gasteiger partial charge in [-0.2, -0.15) is 0 Å². The van der Waals surface area contributed by atoms with Crippen LogP contribution in [-0.2, 0) is 9.84 Å². The molecule has 0 spiro atoms. The Morgan fingerprint density at radius 2 is 1.85 bits per heavy atom. The van der Waals surface area contributed by atoms with Gasteiger partial charge in [-0.1, -0.05) is 0 Å². The molecule has 0 radical (unpaired) electrons. The second-order valence-electron chi connectivity index (χ2n) is 5.22. The number of rotatable bonds is 3. The number of nitrogens with zero attached hydrogens (tertiary/aromatic N) is 3. The third-order valence-corrected chi connectivity index (χ3v) is 5.19. The smallest absolute Gasteiger partial charge is 0.280 e. The van der Waals surface area contributed by atoms with Crippen molar-refractivity contribution in [2.45, 2.75) is 25.2 Å². The van der Waals surface area contributed by atoms with Crippen molar-refractivity contribution in [1.29, 1.82) is 0 Å². The molecular weight excluding hydrogens is 288 g/mol. The lowest BCUT2D eigenvalue weighted by molar-refractivity contribution is 0.145. The molecular formula is C12H15F2N3O2S. The molecule has 3 rings (SSSR count). The van der Waals surface area contributed by atoms with Gasteiger partial charge in [0.1, 0.15) is 17.3 Å². The van der Waals surface area contributed by atoms with Crippen LogP contribution in [0.25, 0.3) is 0 Å². The van der Waals surface area contributed by atoms with Crippen LogP contribution in [0.1, 0.15) is 36.7 Å². The summed E-state index contributed by atoms with van der Waals surface area (Å²) in [7, 11) is -3.00. The van der Waals surface area contributed by atoms with E-state index in [-0.39, 0.29) is 23.1 Å². The number of aromatic nitrogens is 2. The third kappa shape index (κ3) is 2.89. The monoisotopic (exact) mass is 303 g/mol. The van der Waals surface area contributed by atoms with Gasteiger partial charge in [-0.15, -0.1) is 0 Å². The zero-order chi connectivity index (χ0) is 14.3. The highest BCUT2D eigenvalue weighted by Crippen LogP contribution is 2.39. The summed E-state index contributed by atoms with van der Waals surface area (Å²) in [5, 5.41) is 0. The van der Waals surface area contributed by atoms with E-state index in [1.807, 2.05) is 0 Å². The Balaban J connectivity index is 1.88. The first kappa shape index (κ1) is 13.7. The molecule has 1 aliphatic carbocycles. The van der Waals surface area contributed by atoms with Crippen molar-refractivity contribution in [1.82, 2.24) is 9.97 Å². The van der Waals surface area contributed by atoms with E-state index in [9.17, 15) is 17.2 Å². The molecule has 0 amide bonds. The SMILES string of the molecule is O=S1(=O)CCN(c2cc(C(F)F)nc(C3CC3)n2)CC1. The summed E-state index contributed by atoms with van der Waals surface area (Å²) < 4.78 is 48.6. The Hall–Kier alpha value is -1.31. The molecule has 20 heavy (non-hydrogen) atoms. The van der Waals surface area contributed by atoms with Crippen LogP contribution < -0.4 is 4.90 Å². The van der Waals surface area contributed by atoms with Crippen LogP contribution in [0.4, 0.5) is 14.6 Å². The van der Waals surface area contributed by atoms with Gasteiger partial charge in [0.05, 0.1) is 11.5 Å². The molecule has 5 nitrogen and oxygen atoms in total. The van der Waals surface area contributed by atoms with Gasteiger partial charge in [0.15, 0.2) is 9.84 Å². The Bertz CT molecular complexity index is 583. The van der Waals surface area contributed by atoms with Crippen LogP contribution in [-0.4, -0.2) is 43.0 Å². The van der Waals surface area contributed by atoms with E-state index in [1.165, 1.54) is 6.07 Å². The molecule has 0 aromatic carbocycles. The number of sulfone groups is 1. The topological polar surface area (TPSA) is 63.2 Å². The van der Waals surface area contributed by atoms with Crippen LogP contribution in [0.2, 0.25) is 0 Å². The van der Waals surface area contributed by atoms with Crippen molar-refractivity contribution >= 4 is 15.7 Å². The largest absolute Gasteiger partial charge is 0.354 e. The van der Waals surface area contributed by atoms with E-state index in [0.29, 0.717) is 24.7 Å². The van der Waals surface area contributed by atoms with Gasteiger partial charge in [0.2, 0.25) is 0 Å². The zero-order valence-corrected chi connectivity index (χ0v) is 11.6. The molecule has 2 fully saturated rings. The molecule has 2 aliphatic rings. The number of hydrogen-bond donors (Lipinski definition) is 0. The standard InChI is InChI=1S/C12H15F2N3O2S/c13-11(14)9-7-10(16-12(15-9)8-1-2-8)17-3-5-20(18,19)6-4-17/h7-8,11H,1-6H2. The van der Waals surface area contributed by atoms with Gasteiger partial charge in [0.25, 0.3) is 6.43 Å². The molecule has 8 heteroatoms. The highest BCUT2D eigenvalue weighted by atomic mass is 32.2. The van der Waals surface area contributed by atoms with Gasteiger partial charge in [0, 0.05) is 25.1 Å². The van der Waals surface area contributed by atoms with E-state index in [2.05, 4.69) is 9.97 Å². The molecule has 0 N–H and O–H groups in total. The number of alkyl halides is 2. The summed E-state index contributed by atoms with van der Waals surface area (Å²) in [4.78, 5) is 10.00. The minimum absolute atomic E-state index is 0.0414. The van der Waals surface area contributed by atoms with Crippen LogP contribution >= 0.6 is 0 Å². The number of anilines is 1. The molecule has 110 valence electrons. The molecule has 0 bridgehead atoms. The number of halogens is 2.